The molecule has 1 spiro atoms. The first kappa shape index (κ1) is 15.8. The van der Waals surface area contributed by atoms with Gasteiger partial charge in [-0.3, -0.25) is 14.6 Å². The Hall–Kier alpha value is -2.69. The Labute approximate surface area is 147 Å². The highest BCUT2D eigenvalue weighted by atomic mass is 16.2. The van der Waals surface area contributed by atoms with Crippen molar-refractivity contribution in [2.24, 2.45) is 11.3 Å². The standard InChI is InChI=1S/C20H21N3O2/c1-14-4-6-15(7-5-14)19(25)23-10-8-20(13-23)11-17(20)18(24)22-16-3-2-9-21-12-16/h2-7,9,12,17H,8,10-11,13H2,1H3,(H,22,24)/t17-,20-/m0/s1. The molecule has 5 heteroatoms. The van der Waals surface area contributed by atoms with Crippen molar-refractivity contribution in [3.63, 3.8) is 0 Å². The number of rotatable bonds is 3. The third-order valence-corrected chi connectivity index (χ3v) is 5.41. The number of anilines is 1. The van der Waals surface area contributed by atoms with E-state index in [4.69, 9.17) is 0 Å². The summed E-state index contributed by atoms with van der Waals surface area (Å²) in [4.78, 5) is 31.0. The monoisotopic (exact) mass is 335 g/mol. The van der Waals surface area contributed by atoms with Crippen molar-refractivity contribution in [2.75, 3.05) is 18.4 Å². The highest BCUT2D eigenvalue weighted by Crippen LogP contribution is 2.58. The van der Waals surface area contributed by atoms with Gasteiger partial charge >= 0.3 is 0 Å². The van der Waals surface area contributed by atoms with E-state index < -0.39 is 0 Å². The molecule has 1 aliphatic heterocycles. The van der Waals surface area contributed by atoms with Gasteiger partial charge in [0.15, 0.2) is 0 Å². The molecule has 2 aliphatic rings. The third-order valence-electron chi connectivity index (χ3n) is 5.41. The van der Waals surface area contributed by atoms with Crippen LogP contribution in [-0.4, -0.2) is 34.8 Å². The Morgan fingerprint density at radius 1 is 1.24 bits per heavy atom. The summed E-state index contributed by atoms with van der Waals surface area (Å²) >= 11 is 0. The van der Waals surface area contributed by atoms with Crippen molar-refractivity contribution in [1.82, 2.24) is 9.88 Å². The molecular weight excluding hydrogens is 314 g/mol. The molecule has 2 heterocycles. The van der Waals surface area contributed by atoms with Crippen LogP contribution in [0.4, 0.5) is 5.69 Å². The van der Waals surface area contributed by atoms with Gasteiger partial charge in [0.1, 0.15) is 0 Å². The van der Waals surface area contributed by atoms with E-state index >= 15 is 0 Å². The van der Waals surface area contributed by atoms with Crippen LogP contribution in [0.25, 0.3) is 0 Å². The van der Waals surface area contributed by atoms with E-state index in [2.05, 4.69) is 10.3 Å². The van der Waals surface area contributed by atoms with Gasteiger partial charge in [-0.1, -0.05) is 17.7 Å². The molecule has 0 radical (unpaired) electrons. The fraction of sp³-hybridized carbons (Fsp3) is 0.350. The van der Waals surface area contributed by atoms with Crippen LogP contribution < -0.4 is 5.32 Å². The van der Waals surface area contributed by atoms with Gasteiger partial charge in [-0.25, -0.2) is 0 Å². The largest absolute Gasteiger partial charge is 0.338 e. The highest BCUT2D eigenvalue weighted by Gasteiger charge is 2.61. The molecular formula is C20H21N3O2. The summed E-state index contributed by atoms with van der Waals surface area (Å²) in [6.45, 7) is 3.41. The number of benzene rings is 1. The zero-order chi connectivity index (χ0) is 17.4. The molecule has 1 aromatic heterocycles. The van der Waals surface area contributed by atoms with Crippen LogP contribution in [0.2, 0.25) is 0 Å². The lowest BCUT2D eigenvalue weighted by Crippen LogP contribution is -2.30. The molecule has 1 aliphatic carbocycles. The number of pyridine rings is 1. The van der Waals surface area contributed by atoms with Crippen molar-refractivity contribution in [3.8, 4) is 0 Å². The Bertz CT molecular complexity index is 803. The summed E-state index contributed by atoms with van der Waals surface area (Å²) in [6.07, 6.45) is 5.08. The third kappa shape index (κ3) is 3.02. The summed E-state index contributed by atoms with van der Waals surface area (Å²) in [5.41, 5.74) is 2.55. The second-order valence-electron chi connectivity index (χ2n) is 7.19. The molecule has 2 amide bonds. The second-order valence-corrected chi connectivity index (χ2v) is 7.19. The molecule has 1 N–H and O–H groups in total. The summed E-state index contributed by atoms with van der Waals surface area (Å²) in [6, 6.07) is 11.3. The number of aryl methyl sites for hydroxylation is 1. The molecule has 0 bridgehead atoms. The van der Waals surface area contributed by atoms with E-state index in [1.807, 2.05) is 42.2 Å². The van der Waals surface area contributed by atoms with Crippen LogP contribution in [0.5, 0.6) is 0 Å². The van der Waals surface area contributed by atoms with Gasteiger partial charge < -0.3 is 10.2 Å². The number of carbonyl (C=O) groups is 2. The minimum atomic E-state index is -0.0351. The topological polar surface area (TPSA) is 62.3 Å². The zero-order valence-electron chi connectivity index (χ0n) is 14.2. The summed E-state index contributed by atoms with van der Waals surface area (Å²) in [7, 11) is 0. The summed E-state index contributed by atoms with van der Waals surface area (Å²) in [5, 5.41) is 2.93. The number of hydrogen-bond acceptors (Lipinski definition) is 3. The fourth-order valence-electron chi connectivity index (χ4n) is 3.78. The molecule has 1 aromatic carbocycles. The maximum atomic E-state index is 12.7. The SMILES string of the molecule is Cc1ccc(C(=O)N2CC[C@]3(C[C@H]3C(=O)Nc3cccnc3)C2)cc1. The average Bonchev–Trinajstić information content (AvgIpc) is 3.16. The van der Waals surface area contributed by atoms with E-state index in [-0.39, 0.29) is 23.1 Å². The van der Waals surface area contributed by atoms with Crippen molar-refractivity contribution in [1.29, 1.82) is 0 Å². The number of nitrogens with zero attached hydrogens (tertiary/aromatic N) is 2. The Morgan fingerprint density at radius 2 is 2.04 bits per heavy atom. The quantitative estimate of drug-likeness (QED) is 0.938. The van der Waals surface area contributed by atoms with Crippen LogP contribution in [0.3, 0.4) is 0 Å². The zero-order valence-corrected chi connectivity index (χ0v) is 14.2. The number of likely N-dealkylation sites (tertiary alicyclic amines) is 1. The van der Waals surface area contributed by atoms with Crippen LogP contribution in [-0.2, 0) is 4.79 Å². The van der Waals surface area contributed by atoms with Crippen LogP contribution in [0.15, 0.2) is 48.8 Å². The molecule has 5 nitrogen and oxygen atoms in total. The number of aromatic nitrogens is 1. The lowest BCUT2D eigenvalue weighted by atomic mass is 10.0. The normalized spacial score (nSPS) is 24.4. The molecule has 128 valence electrons. The van der Waals surface area contributed by atoms with Crippen LogP contribution >= 0.6 is 0 Å². The van der Waals surface area contributed by atoms with E-state index in [0.29, 0.717) is 6.54 Å². The average molecular weight is 335 g/mol. The first-order valence-corrected chi connectivity index (χ1v) is 8.64. The molecule has 2 atom stereocenters. The molecule has 1 saturated carbocycles. The number of amides is 2. The van der Waals surface area contributed by atoms with Crippen molar-refractivity contribution in [3.05, 3.63) is 59.9 Å². The van der Waals surface area contributed by atoms with Crippen LogP contribution in [0, 0.1) is 18.3 Å². The van der Waals surface area contributed by atoms with Crippen molar-refractivity contribution < 1.29 is 9.59 Å². The summed E-state index contributed by atoms with van der Waals surface area (Å²) < 4.78 is 0. The van der Waals surface area contributed by atoms with Gasteiger partial charge in [0.2, 0.25) is 5.91 Å². The minimum absolute atomic E-state index is 0.0106. The van der Waals surface area contributed by atoms with Gasteiger partial charge in [0.05, 0.1) is 11.9 Å². The van der Waals surface area contributed by atoms with E-state index in [1.165, 1.54) is 0 Å². The number of hydrogen-bond donors (Lipinski definition) is 1. The maximum Gasteiger partial charge on any atom is 0.253 e. The highest BCUT2D eigenvalue weighted by molar-refractivity contribution is 5.96. The molecule has 2 fully saturated rings. The molecule has 2 aromatic rings. The molecule has 0 unspecified atom stereocenters. The first-order valence-electron chi connectivity index (χ1n) is 8.64. The second kappa shape index (κ2) is 5.99. The Balaban J connectivity index is 1.39. The first-order chi connectivity index (χ1) is 12.1. The van der Waals surface area contributed by atoms with Gasteiger partial charge in [0.25, 0.3) is 5.91 Å². The van der Waals surface area contributed by atoms with E-state index in [9.17, 15) is 9.59 Å². The van der Waals surface area contributed by atoms with Gasteiger partial charge in [-0.15, -0.1) is 0 Å². The van der Waals surface area contributed by atoms with E-state index in [1.54, 1.807) is 18.5 Å². The van der Waals surface area contributed by atoms with Gasteiger partial charge in [0, 0.05) is 36.2 Å². The minimum Gasteiger partial charge on any atom is -0.338 e. The predicted octanol–water partition coefficient (Wildman–Crippen LogP) is 2.88. The van der Waals surface area contributed by atoms with Gasteiger partial charge in [-0.05, 0) is 44.0 Å². The predicted molar refractivity (Wildman–Crippen MR) is 95.1 cm³/mol. The van der Waals surface area contributed by atoms with E-state index in [0.717, 1.165) is 36.2 Å². The molecule has 1 saturated heterocycles. The Morgan fingerprint density at radius 3 is 2.76 bits per heavy atom. The lowest BCUT2D eigenvalue weighted by molar-refractivity contribution is -0.118. The number of nitrogens with one attached hydrogen (secondary N) is 1. The fourth-order valence-corrected chi connectivity index (χ4v) is 3.78. The van der Waals surface area contributed by atoms with Crippen LogP contribution in [0.1, 0.15) is 28.8 Å². The van der Waals surface area contributed by atoms with Crippen molar-refractivity contribution >= 4 is 17.5 Å². The lowest BCUT2D eigenvalue weighted by Gasteiger charge is -2.17. The summed E-state index contributed by atoms with van der Waals surface area (Å²) in [5.74, 6) is 0.0938. The Kier molecular flexibility index (Phi) is 3.79. The molecule has 25 heavy (non-hydrogen) atoms. The van der Waals surface area contributed by atoms with Crippen molar-refractivity contribution in [2.45, 2.75) is 19.8 Å². The number of carbonyl (C=O) groups excluding carboxylic acids is 2. The smallest absolute Gasteiger partial charge is 0.253 e. The molecule has 4 rings (SSSR count). The van der Waals surface area contributed by atoms with Gasteiger partial charge in [-0.2, -0.15) is 0 Å². The maximum absolute atomic E-state index is 12.7.